The Bertz CT molecular complexity index is 465. The normalized spacial score (nSPS) is 34.1. The van der Waals surface area contributed by atoms with E-state index in [1.54, 1.807) is 22.8 Å². The third kappa shape index (κ3) is 9.28. The van der Waals surface area contributed by atoms with Crippen LogP contribution in [0.25, 0.3) is 0 Å². The summed E-state index contributed by atoms with van der Waals surface area (Å²) in [4.78, 5) is 0. The van der Waals surface area contributed by atoms with Crippen molar-refractivity contribution in [2.75, 3.05) is 60.9 Å². The maximum atomic E-state index is 6.03. The Balaban J connectivity index is 1.68. The van der Waals surface area contributed by atoms with Crippen LogP contribution in [-0.2, 0) is 41.7 Å². The first-order chi connectivity index (χ1) is 12.9. The minimum atomic E-state index is -2.21. The number of hydrogen-bond donors (Lipinski definition) is 0. The van der Waals surface area contributed by atoms with E-state index in [2.05, 4.69) is 13.8 Å². The van der Waals surface area contributed by atoms with Gasteiger partial charge in [-0.1, -0.05) is 36.6 Å². The molecule has 0 amide bonds. The fraction of sp³-hybridized carbons (Fsp3) is 1.00. The molecule has 4 nitrogen and oxygen atoms in total. The summed E-state index contributed by atoms with van der Waals surface area (Å²) in [6.07, 6.45) is 2.28. The van der Waals surface area contributed by atoms with Crippen LogP contribution in [0.4, 0.5) is 0 Å². The zero-order valence-electron chi connectivity index (χ0n) is 16.0. The molecule has 2 saturated heterocycles. The van der Waals surface area contributed by atoms with Gasteiger partial charge >= 0.3 is 0 Å². The van der Waals surface area contributed by atoms with Crippen LogP contribution in [0.15, 0.2) is 0 Å². The van der Waals surface area contributed by atoms with Crippen molar-refractivity contribution in [2.24, 2.45) is 5.41 Å². The van der Waals surface area contributed by atoms with Gasteiger partial charge in [-0.15, -0.1) is 0 Å². The summed E-state index contributed by atoms with van der Waals surface area (Å²) in [6.45, 7) is 6.57. The lowest BCUT2D eigenvalue weighted by Crippen LogP contribution is -2.45. The van der Waals surface area contributed by atoms with Gasteiger partial charge in [0, 0.05) is 11.5 Å². The Morgan fingerprint density at radius 1 is 0.704 bits per heavy atom. The molecule has 27 heavy (non-hydrogen) atoms. The standard InChI is InChI=1S/C15H30O4P2S6/c1-3-24-7-5-9-26-20(22)16-11-15(12-17-20)13-18-21(23,19-14-15)27-10-6-8-25-4-2/h3-14H2,1-2H3. The lowest BCUT2D eigenvalue weighted by Gasteiger charge is -2.44. The van der Waals surface area contributed by atoms with Gasteiger partial charge in [-0.2, -0.15) is 23.5 Å². The second kappa shape index (κ2) is 13.2. The Hall–Kier alpha value is 2.54. The fourth-order valence-corrected chi connectivity index (χ4v) is 12.7. The third-order valence-corrected chi connectivity index (χ3v) is 16.6. The molecule has 0 N–H and O–H groups in total. The molecule has 2 fully saturated rings. The van der Waals surface area contributed by atoms with Gasteiger partial charge in [0.05, 0.1) is 31.8 Å². The molecule has 0 bridgehead atoms. The van der Waals surface area contributed by atoms with Crippen molar-refractivity contribution in [3.05, 3.63) is 0 Å². The molecular weight excluding hydrogens is 499 g/mol. The molecule has 0 saturated carbocycles. The lowest BCUT2D eigenvalue weighted by molar-refractivity contribution is -0.0485. The molecule has 1 spiro atoms. The van der Waals surface area contributed by atoms with E-state index in [1.807, 2.05) is 23.5 Å². The van der Waals surface area contributed by atoms with Crippen molar-refractivity contribution in [1.82, 2.24) is 0 Å². The highest BCUT2D eigenvalue weighted by atomic mass is 32.9. The average Bonchev–Trinajstić information content (AvgIpc) is 2.67. The van der Waals surface area contributed by atoms with Crippen molar-refractivity contribution >= 4 is 81.3 Å². The molecule has 0 radical (unpaired) electrons. The minimum absolute atomic E-state index is 0.248. The zero-order valence-corrected chi connectivity index (χ0v) is 22.7. The molecule has 2 aliphatic rings. The predicted molar refractivity (Wildman–Crippen MR) is 135 cm³/mol. The minimum Gasteiger partial charge on any atom is -0.321 e. The predicted octanol–water partition coefficient (Wildman–Crippen LogP) is 6.27. The second-order valence-electron chi connectivity index (χ2n) is 6.26. The van der Waals surface area contributed by atoms with Gasteiger partial charge < -0.3 is 18.1 Å². The van der Waals surface area contributed by atoms with Crippen molar-refractivity contribution in [3.8, 4) is 0 Å². The van der Waals surface area contributed by atoms with Crippen LogP contribution in [0.1, 0.15) is 26.7 Å². The second-order valence-corrected chi connectivity index (χ2v) is 21.9. The summed E-state index contributed by atoms with van der Waals surface area (Å²) in [5.74, 6) is 6.67. The summed E-state index contributed by atoms with van der Waals surface area (Å²) in [5.41, 5.74) is -4.67. The molecule has 0 aromatic rings. The van der Waals surface area contributed by atoms with Gasteiger partial charge in [-0.05, 0) is 59.5 Å². The molecule has 0 atom stereocenters. The number of rotatable bonds is 12. The van der Waals surface area contributed by atoms with Crippen molar-refractivity contribution in [2.45, 2.75) is 26.7 Å². The number of thioether (sulfide) groups is 2. The third-order valence-electron chi connectivity index (χ3n) is 3.89. The van der Waals surface area contributed by atoms with Gasteiger partial charge in [0.2, 0.25) is 11.4 Å². The monoisotopic (exact) mass is 528 g/mol. The van der Waals surface area contributed by atoms with Crippen LogP contribution in [0.3, 0.4) is 0 Å². The highest BCUT2D eigenvalue weighted by molar-refractivity contribution is 8.68. The van der Waals surface area contributed by atoms with E-state index in [9.17, 15) is 0 Å². The largest absolute Gasteiger partial charge is 0.321 e. The molecule has 0 aromatic heterocycles. The van der Waals surface area contributed by atoms with Gasteiger partial charge in [0.1, 0.15) is 0 Å². The van der Waals surface area contributed by atoms with Gasteiger partial charge in [0.15, 0.2) is 0 Å². The van der Waals surface area contributed by atoms with Crippen LogP contribution < -0.4 is 0 Å². The Labute approximate surface area is 191 Å². The first kappa shape index (κ1) is 25.8. The molecule has 160 valence electrons. The topological polar surface area (TPSA) is 36.9 Å². The first-order valence-electron chi connectivity index (χ1n) is 9.18. The van der Waals surface area contributed by atoms with Crippen molar-refractivity contribution in [1.29, 1.82) is 0 Å². The highest BCUT2D eigenvalue weighted by Gasteiger charge is 2.46. The van der Waals surface area contributed by atoms with Gasteiger partial charge in [-0.3, -0.25) is 0 Å². The summed E-state index contributed by atoms with van der Waals surface area (Å²) in [5, 5.41) is 0. The zero-order chi connectivity index (χ0) is 19.6. The Kier molecular flexibility index (Phi) is 12.6. The highest BCUT2D eigenvalue weighted by Crippen LogP contribution is 2.68. The van der Waals surface area contributed by atoms with Crippen LogP contribution in [0.5, 0.6) is 0 Å². The van der Waals surface area contributed by atoms with E-state index in [0.29, 0.717) is 26.4 Å². The van der Waals surface area contributed by atoms with E-state index in [4.69, 9.17) is 41.7 Å². The SMILES string of the molecule is CCSCCCSP1(=S)OCC2(CO1)COP(=S)(SCCCSCC)OC2. The van der Waals surface area contributed by atoms with Crippen molar-refractivity contribution < 1.29 is 18.1 Å². The van der Waals surface area contributed by atoms with Crippen molar-refractivity contribution in [3.63, 3.8) is 0 Å². The van der Waals surface area contributed by atoms with Crippen LogP contribution in [0.2, 0.25) is 0 Å². The van der Waals surface area contributed by atoms with E-state index >= 15 is 0 Å². The smallest absolute Gasteiger partial charge is 0.247 e. The van der Waals surface area contributed by atoms with E-state index in [-0.39, 0.29) is 5.41 Å². The Morgan fingerprint density at radius 2 is 1.07 bits per heavy atom. The first-order valence-corrected chi connectivity index (χ1v) is 19.9. The summed E-state index contributed by atoms with van der Waals surface area (Å²) in [7, 11) is 0. The summed E-state index contributed by atoms with van der Waals surface area (Å²) in [6, 6.07) is 0. The molecule has 0 aromatic carbocycles. The quantitative estimate of drug-likeness (QED) is 0.214. The molecular formula is C15H30O4P2S6. The summed E-state index contributed by atoms with van der Waals surface area (Å²) >= 11 is 18.6. The number of hydrogen-bond acceptors (Lipinski definition) is 10. The molecule has 2 aliphatic heterocycles. The van der Waals surface area contributed by atoms with Gasteiger partial charge in [-0.25, -0.2) is 0 Å². The van der Waals surface area contributed by atoms with E-state index in [1.165, 1.54) is 11.5 Å². The van der Waals surface area contributed by atoms with Crippen LogP contribution in [0, 0.1) is 5.41 Å². The summed E-state index contributed by atoms with van der Waals surface area (Å²) < 4.78 is 24.1. The Morgan fingerprint density at radius 3 is 1.41 bits per heavy atom. The van der Waals surface area contributed by atoms with E-state index in [0.717, 1.165) is 35.9 Å². The molecule has 2 rings (SSSR count). The maximum Gasteiger partial charge on any atom is 0.247 e. The molecule has 0 unspecified atom stereocenters. The molecule has 12 heteroatoms. The maximum absolute atomic E-state index is 6.03. The average molecular weight is 529 g/mol. The van der Waals surface area contributed by atoms with Gasteiger partial charge in [0.25, 0.3) is 0 Å². The fourth-order valence-electron chi connectivity index (χ4n) is 2.30. The molecule has 2 heterocycles. The lowest BCUT2D eigenvalue weighted by atomic mass is 9.93. The van der Waals surface area contributed by atoms with E-state index < -0.39 is 11.4 Å². The van der Waals surface area contributed by atoms with Crippen LogP contribution in [-0.4, -0.2) is 60.9 Å². The molecule has 0 aliphatic carbocycles. The van der Waals surface area contributed by atoms with Crippen LogP contribution >= 0.6 is 57.7 Å².